The molecule has 0 spiro atoms. The van der Waals surface area contributed by atoms with Gasteiger partial charge >= 0.3 is 6.11 Å². The fourth-order valence-corrected chi connectivity index (χ4v) is 5.80. The summed E-state index contributed by atoms with van der Waals surface area (Å²) in [6.45, 7) is 1.67. The minimum absolute atomic E-state index is 0.0192. The van der Waals surface area contributed by atoms with Crippen molar-refractivity contribution in [1.82, 2.24) is 15.6 Å². The fraction of sp³-hybridized carbons (Fsp3) is 0.480. The molecule has 8 nitrogen and oxygen atoms in total. The molecule has 0 radical (unpaired) electrons. The van der Waals surface area contributed by atoms with E-state index >= 15 is 8.78 Å². The molecular weight excluding hydrogens is 509 g/mol. The number of pyridine rings is 1. The van der Waals surface area contributed by atoms with Crippen LogP contribution in [0, 0.1) is 30.0 Å². The molecule has 2 fully saturated rings. The van der Waals surface area contributed by atoms with E-state index in [2.05, 4.69) is 15.6 Å². The van der Waals surface area contributed by atoms with Crippen LogP contribution in [0.4, 0.5) is 13.2 Å². The Bertz CT molecular complexity index is 1270. The first kappa shape index (κ1) is 26.9. The third-order valence-electron chi connectivity index (χ3n) is 6.30. The van der Waals surface area contributed by atoms with Crippen LogP contribution in [0.25, 0.3) is 0 Å². The zero-order chi connectivity index (χ0) is 26.8. The zero-order valence-electron chi connectivity index (χ0n) is 20.1. The van der Waals surface area contributed by atoms with Crippen molar-refractivity contribution in [2.75, 3.05) is 11.5 Å². The van der Waals surface area contributed by atoms with Crippen molar-refractivity contribution in [2.24, 2.45) is 5.92 Å². The molecule has 0 saturated heterocycles. The van der Waals surface area contributed by atoms with Gasteiger partial charge in [0.15, 0.2) is 9.84 Å². The first-order valence-electron chi connectivity index (χ1n) is 11.8. The second kappa shape index (κ2) is 10.3. The first-order chi connectivity index (χ1) is 17.4. The van der Waals surface area contributed by atoms with Gasteiger partial charge in [-0.25, -0.2) is 12.8 Å². The van der Waals surface area contributed by atoms with Gasteiger partial charge in [0.2, 0.25) is 5.91 Å². The summed E-state index contributed by atoms with van der Waals surface area (Å²) in [5.74, 6) is -2.75. The molecule has 2 aromatic rings. The third-order valence-corrected chi connectivity index (χ3v) is 8.12. The number of ether oxygens (including phenoxy) is 1. The molecular formula is C25H27F3N4O4S. The van der Waals surface area contributed by atoms with Crippen LogP contribution in [-0.4, -0.2) is 48.5 Å². The lowest BCUT2D eigenvalue weighted by molar-refractivity contribution is -0.202. The second-order valence-corrected chi connectivity index (χ2v) is 11.9. The summed E-state index contributed by atoms with van der Waals surface area (Å²) in [6, 6.07) is 5.22. The van der Waals surface area contributed by atoms with Gasteiger partial charge in [-0.3, -0.25) is 15.1 Å². The highest BCUT2D eigenvalue weighted by Crippen LogP contribution is 2.37. The lowest BCUT2D eigenvalue weighted by atomic mass is 10.0. The largest absolute Gasteiger partial charge is 0.430 e. The van der Waals surface area contributed by atoms with E-state index in [0.717, 1.165) is 43.3 Å². The molecule has 2 N–H and O–H groups in total. The van der Waals surface area contributed by atoms with Gasteiger partial charge in [-0.1, -0.05) is 12.1 Å². The van der Waals surface area contributed by atoms with E-state index < -0.39 is 51.0 Å². The van der Waals surface area contributed by atoms with E-state index in [4.69, 9.17) is 4.74 Å². The Balaban J connectivity index is 1.65. The summed E-state index contributed by atoms with van der Waals surface area (Å²) >= 11 is 0. The number of carbonyl (C=O) groups is 1. The van der Waals surface area contributed by atoms with E-state index in [1.807, 2.05) is 6.07 Å². The number of benzene rings is 1. The highest BCUT2D eigenvalue weighted by molar-refractivity contribution is 7.91. The number of hydrogen-bond donors (Lipinski definition) is 2. The van der Waals surface area contributed by atoms with Gasteiger partial charge in [0.25, 0.3) is 0 Å². The van der Waals surface area contributed by atoms with Crippen molar-refractivity contribution in [2.45, 2.75) is 56.3 Å². The van der Waals surface area contributed by atoms with Crippen LogP contribution < -0.4 is 15.4 Å². The molecule has 0 unspecified atom stereocenters. The quantitative estimate of drug-likeness (QED) is 0.427. The van der Waals surface area contributed by atoms with Gasteiger partial charge in [0.05, 0.1) is 23.8 Å². The van der Waals surface area contributed by atoms with Gasteiger partial charge in [-0.2, -0.15) is 14.0 Å². The topological polar surface area (TPSA) is 121 Å². The normalized spacial score (nSPS) is 18.4. The van der Waals surface area contributed by atoms with Crippen LogP contribution in [0.5, 0.6) is 5.75 Å². The number of halogens is 3. The minimum Gasteiger partial charge on any atom is -0.430 e. The van der Waals surface area contributed by atoms with Crippen molar-refractivity contribution in [3.05, 3.63) is 59.7 Å². The summed E-state index contributed by atoms with van der Waals surface area (Å²) in [5, 5.41) is 14.3. The number of carbonyl (C=O) groups excluding carboxylic acids is 1. The van der Waals surface area contributed by atoms with E-state index in [1.54, 1.807) is 6.92 Å². The van der Waals surface area contributed by atoms with Gasteiger partial charge in [0.1, 0.15) is 29.2 Å². The number of nitrogens with zero attached hydrogens (tertiary/aromatic N) is 2. The molecule has 2 aliphatic rings. The van der Waals surface area contributed by atoms with Crippen molar-refractivity contribution < 1.29 is 31.1 Å². The molecule has 1 aromatic carbocycles. The first-order valence-corrected chi connectivity index (χ1v) is 13.7. The van der Waals surface area contributed by atoms with E-state index in [0.29, 0.717) is 18.5 Å². The van der Waals surface area contributed by atoms with Crippen LogP contribution in [0.1, 0.15) is 43.0 Å². The Morgan fingerprint density at radius 2 is 1.92 bits per heavy atom. The van der Waals surface area contributed by atoms with Crippen molar-refractivity contribution >= 4 is 15.7 Å². The molecule has 0 bridgehead atoms. The Morgan fingerprint density at radius 3 is 2.46 bits per heavy atom. The van der Waals surface area contributed by atoms with Crippen LogP contribution >= 0.6 is 0 Å². The molecule has 4 rings (SSSR count). The molecule has 2 atom stereocenters. The van der Waals surface area contributed by atoms with Crippen LogP contribution in [0.2, 0.25) is 0 Å². The number of aryl methyl sites for hydroxylation is 1. The Labute approximate surface area is 213 Å². The maximum Gasteiger partial charge on any atom is 0.418 e. The smallest absolute Gasteiger partial charge is 0.418 e. The lowest BCUT2D eigenvalue weighted by Crippen LogP contribution is -2.56. The molecule has 1 aromatic heterocycles. The number of nitriles is 1. The minimum atomic E-state index is -4.01. The highest BCUT2D eigenvalue weighted by Gasteiger charge is 2.49. The second-order valence-electron chi connectivity index (χ2n) is 9.71. The van der Waals surface area contributed by atoms with Gasteiger partial charge < -0.3 is 10.1 Å². The summed E-state index contributed by atoms with van der Waals surface area (Å²) in [6.07, 6.45) is -0.666. The SMILES string of the molecule is Cc1ccc(OC(F)(F)[C@@H](N[C@@H](CS(=O)(=O)CC2CC2)C(=O)NC2(C#N)CC2)c2ccc(F)cc2)cn1. The Hall–Kier alpha value is -3.17. The average Bonchev–Trinajstić information content (AvgIpc) is 3.76. The zero-order valence-corrected chi connectivity index (χ0v) is 20.9. The summed E-state index contributed by atoms with van der Waals surface area (Å²) in [4.78, 5) is 17.1. The van der Waals surface area contributed by atoms with Crippen LogP contribution in [-0.2, 0) is 14.6 Å². The number of nitrogens with one attached hydrogen (secondary N) is 2. The molecule has 12 heteroatoms. The number of sulfone groups is 1. The predicted octanol–water partition coefficient (Wildman–Crippen LogP) is 3.20. The van der Waals surface area contributed by atoms with Gasteiger partial charge in [0, 0.05) is 5.69 Å². The summed E-state index contributed by atoms with van der Waals surface area (Å²) < 4.78 is 75.4. The lowest BCUT2D eigenvalue weighted by Gasteiger charge is -2.31. The monoisotopic (exact) mass is 536 g/mol. The summed E-state index contributed by atoms with van der Waals surface area (Å²) in [5.41, 5.74) is -0.701. The van der Waals surface area contributed by atoms with Crippen molar-refractivity contribution in [3.63, 3.8) is 0 Å². The number of rotatable bonds is 12. The Kier molecular flexibility index (Phi) is 7.48. The number of aromatic nitrogens is 1. The number of amides is 1. The van der Waals surface area contributed by atoms with Crippen LogP contribution in [0.15, 0.2) is 42.6 Å². The average molecular weight is 537 g/mol. The van der Waals surface area contributed by atoms with E-state index in [1.165, 1.54) is 12.1 Å². The highest BCUT2D eigenvalue weighted by atomic mass is 32.2. The molecule has 37 heavy (non-hydrogen) atoms. The fourth-order valence-electron chi connectivity index (χ4n) is 3.85. The molecule has 1 amide bonds. The van der Waals surface area contributed by atoms with Gasteiger partial charge in [-0.05, 0) is 68.4 Å². The summed E-state index contributed by atoms with van der Waals surface area (Å²) in [7, 11) is -3.81. The van der Waals surface area contributed by atoms with Crippen molar-refractivity contribution in [1.29, 1.82) is 5.26 Å². The molecule has 198 valence electrons. The van der Waals surface area contributed by atoms with Crippen LogP contribution in [0.3, 0.4) is 0 Å². The van der Waals surface area contributed by atoms with E-state index in [-0.39, 0.29) is 23.0 Å². The maximum absolute atomic E-state index is 15.6. The number of hydrogen-bond acceptors (Lipinski definition) is 7. The standard InChI is InChI=1S/C25H27F3N4O4S/c1-16-2-9-20(12-30-16)36-25(27,28)22(18-5-7-19(26)8-6-18)31-21(14-37(34,35)13-17-3-4-17)23(33)32-24(15-29)10-11-24/h2,5-9,12,17,21-22,31H,3-4,10-11,13-14H2,1H3,(H,32,33)/t21-,22-/m0/s1. The molecule has 2 saturated carbocycles. The molecule has 0 aliphatic heterocycles. The molecule has 1 heterocycles. The van der Waals surface area contributed by atoms with E-state index in [9.17, 15) is 22.9 Å². The van der Waals surface area contributed by atoms with Crippen molar-refractivity contribution in [3.8, 4) is 11.8 Å². The third kappa shape index (κ3) is 7.20. The predicted molar refractivity (Wildman–Crippen MR) is 128 cm³/mol. The maximum atomic E-state index is 15.6. The van der Waals surface area contributed by atoms with Gasteiger partial charge in [-0.15, -0.1) is 0 Å². The molecule has 2 aliphatic carbocycles. The number of alkyl halides is 2. The Morgan fingerprint density at radius 1 is 1.24 bits per heavy atom.